The number of carbonyl (C=O) groups excluding carboxylic acids is 1. The highest BCUT2D eigenvalue weighted by Crippen LogP contribution is 2.19. The molecular formula is C14H22BrN3O. The smallest absolute Gasteiger partial charge is 0.244 e. The van der Waals surface area contributed by atoms with Crippen LogP contribution in [-0.2, 0) is 4.79 Å². The Morgan fingerprint density at radius 1 is 1.42 bits per heavy atom. The zero-order valence-corrected chi connectivity index (χ0v) is 13.2. The minimum atomic E-state index is -0.256. The molecule has 19 heavy (non-hydrogen) atoms. The van der Waals surface area contributed by atoms with Gasteiger partial charge in [-0.1, -0.05) is 25.7 Å². The van der Waals surface area contributed by atoms with Gasteiger partial charge in [0.15, 0.2) is 0 Å². The molecule has 4 nitrogen and oxygen atoms in total. The first-order valence-corrected chi connectivity index (χ1v) is 7.89. The Bertz CT molecular complexity index is 416. The lowest BCUT2D eigenvalue weighted by Gasteiger charge is -2.19. The largest absolute Gasteiger partial charge is 0.352 e. The predicted molar refractivity (Wildman–Crippen MR) is 79.0 cm³/mol. The van der Waals surface area contributed by atoms with E-state index in [4.69, 9.17) is 0 Å². The molecule has 1 N–H and O–H groups in total. The third-order valence-electron chi connectivity index (χ3n) is 3.83. The molecule has 1 aromatic rings. The van der Waals surface area contributed by atoms with Crippen molar-refractivity contribution in [3.63, 3.8) is 0 Å². The number of hydrogen-bond donors (Lipinski definition) is 1. The highest BCUT2D eigenvalue weighted by Gasteiger charge is 2.21. The molecule has 0 saturated heterocycles. The number of aromatic nitrogens is 2. The number of rotatable bonds is 3. The van der Waals surface area contributed by atoms with Gasteiger partial charge in [-0.05, 0) is 42.6 Å². The van der Waals surface area contributed by atoms with E-state index in [-0.39, 0.29) is 11.9 Å². The number of hydrogen-bond acceptors (Lipinski definition) is 2. The van der Waals surface area contributed by atoms with E-state index in [1.165, 1.54) is 25.7 Å². The second-order valence-electron chi connectivity index (χ2n) is 5.42. The maximum atomic E-state index is 12.3. The summed E-state index contributed by atoms with van der Waals surface area (Å²) in [6.07, 6.45) is 9.14. The van der Waals surface area contributed by atoms with Gasteiger partial charge in [0, 0.05) is 12.2 Å². The molecule has 0 radical (unpaired) electrons. The van der Waals surface area contributed by atoms with E-state index in [0.717, 1.165) is 23.0 Å². The highest BCUT2D eigenvalue weighted by molar-refractivity contribution is 9.10. The average molecular weight is 328 g/mol. The molecule has 1 fully saturated rings. The fourth-order valence-electron chi connectivity index (χ4n) is 2.52. The Balaban J connectivity index is 1.94. The monoisotopic (exact) mass is 327 g/mol. The van der Waals surface area contributed by atoms with E-state index in [1.54, 1.807) is 4.68 Å². The van der Waals surface area contributed by atoms with Crippen molar-refractivity contribution >= 4 is 21.8 Å². The number of amides is 1. The summed E-state index contributed by atoms with van der Waals surface area (Å²) in [7, 11) is 0. The quantitative estimate of drug-likeness (QED) is 0.865. The van der Waals surface area contributed by atoms with Crippen LogP contribution in [0.5, 0.6) is 0 Å². The van der Waals surface area contributed by atoms with Crippen molar-refractivity contribution in [2.24, 2.45) is 0 Å². The molecule has 0 bridgehead atoms. The molecule has 1 heterocycles. The van der Waals surface area contributed by atoms with Gasteiger partial charge in [-0.3, -0.25) is 9.48 Å². The Kier molecular flexibility index (Phi) is 5.02. The van der Waals surface area contributed by atoms with Crippen LogP contribution < -0.4 is 5.32 Å². The minimum absolute atomic E-state index is 0.0712. The van der Waals surface area contributed by atoms with Gasteiger partial charge in [0.25, 0.3) is 0 Å². The number of nitrogens with one attached hydrogen (secondary N) is 1. The Morgan fingerprint density at radius 2 is 2.05 bits per heavy atom. The summed E-state index contributed by atoms with van der Waals surface area (Å²) in [5.74, 6) is 0.0712. The normalized spacial score (nSPS) is 18.9. The van der Waals surface area contributed by atoms with Crippen molar-refractivity contribution in [2.75, 3.05) is 0 Å². The summed E-state index contributed by atoms with van der Waals surface area (Å²) in [6, 6.07) is 0.0887. The zero-order chi connectivity index (χ0) is 13.8. The Hall–Kier alpha value is -0.840. The topological polar surface area (TPSA) is 46.9 Å². The van der Waals surface area contributed by atoms with Crippen LogP contribution in [0.3, 0.4) is 0 Å². The van der Waals surface area contributed by atoms with Gasteiger partial charge >= 0.3 is 0 Å². The molecule has 2 rings (SSSR count). The SMILES string of the molecule is Cc1nn(C(C)C(=O)NC2CCCCCC2)cc1Br. The summed E-state index contributed by atoms with van der Waals surface area (Å²) in [5, 5.41) is 7.52. The lowest BCUT2D eigenvalue weighted by atomic mass is 10.1. The molecule has 1 aliphatic carbocycles. The third-order valence-corrected chi connectivity index (χ3v) is 4.61. The van der Waals surface area contributed by atoms with Crippen LogP contribution in [-0.4, -0.2) is 21.7 Å². The van der Waals surface area contributed by atoms with Gasteiger partial charge in [0.2, 0.25) is 5.91 Å². The summed E-state index contributed by atoms with van der Waals surface area (Å²) >= 11 is 3.43. The average Bonchev–Trinajstić information content (AvgIpc) is 2.58. The minimum Gasteiger partial charge on any atom is -0.352 e. The molecular weight excluding hydrogens is 306 g/mol. The molecule has 1 aliphatic rings. The van der Waals surface area contributed by atoms with Gasteiger partial charge in [0.1, 0.15) is 6.04 Å². The number of aryl methyl sites for hydroxylation is 1. The molecule has 1 aromatic heterocycles. The van der Waals surface area contributed by atoms with Gasteiger partial charge in [-0.25, -0.2) is 0 Å². The molecule has 0 aromatic carbocycles. The van der Waals surface area contributed by atoms with Crippen molar-refractivity contribution in [3.05, 3.63) is 16.4 Å². The summed E-state index contributed by atoms with van der Waals surface area (Å²) in [5.41, 5.74) is 0.911. The van der Waals surface area contributed by atoms with E-state index in [0.29, 0.717) is 6.04 Å². The van der Waals surface area contributed by atoms with Crippen molar-refractivity contribution in [3.8, 4) is 0 Å². The first-order chi connectivity index (χ1) is 9.08. The molecule has 1 unspecified atom stereocenters. The highest BCUT2D eigenvalue weighted by atomic mass is 79.9. The van der Waals surface area contributed by atoms with Crippen molar-refractivity contribution < 1.29 is 4.79 Å². The number of carbonyl (C=O) groups is 1. The van der Waals surface area contributed by atoms with Gasteiger partial charge in [0.05, 0.1) is 10.2 Å². The number of halogens is 1. The van der Waals surface area contributed by atoms with Crippen molar-refractivity contribution in [2.45, 2.75) is 64.5 Å². The predicted octanol–water partition coefficient (Wildman–Crippen LogP) is 3.35. The van der Waals surface area contributed by atoms with Gasteiger partial charge in [-0.2, -0.15) is 5.10 Å². The first kappa shape index (κ1) is 14.6. The fraction of sp³-hybridized carbons (Fsp3) is 0.714. The van der Waals surface area contributed by atoms with Crippen LogP contribution in [0.15, 0.2) is 10.7 Å². The van der Waals surface area contributed by atoms with E-state index in [2.05, 4.69) is 26.3 Å². The van der Waals surface area contributed by atoms with Crippen LogP contribution in [0.4, 0.5) is 0 Å². The van der Waals surface area contributed by atoms with Gasteiger partial charge in [-0.15, -0.1) is 0 Å². The van der Waals surface area contributed by atoms with Crippen LogP contribution in [0.2, 0.25) is 0 Å². The maximum absolute atomic E-state index is 12.3. The fourth-order valence-corrected chi connectivity index (χ4v) is 2.81. The molecule has 0 aliphatic heterocycles. The second kappa shape index (κ2) is 6.55. The Labute approximate surface area is 123 Å². The molecule has 1 saturated carbocycles. The van der Waals surface area contributed by atoms with Crippen LogP contribution in [0.25, 0.3) is 0 Å². The number of nitrogens with zero attached hydrogens (tertiary/aromatic N) is 2. The van der Waals surface area contributed by atoms with E-state index >= 15 is 0 Å². The summed E-state index contributed by atoms with van der Waals surface area (Å²) in [4.78, 5) is 12.3. The van der Waals surface area contributed by atoms with Crippen LogP contribution in [0.1, 0.15) is 57.2 Å². The molecule has 0 spiro atoms. The second-order valence-corrected chi connectivity index (χ2v) is 6.27. The molecule has 1 amide bonds. The standard InChI is InChI=1S/C14H22BrN3O/c1-10-13(15)9-18(17-10)11(2)14(19)16-12-7-5-3-4-6-8-12/h9,11-12H,3-8H2,1-2H3,(H,16,19). The van der Waals surface area contributed by atoms with E-state index in [9.17, 15) is 4.79 Å². The zero-order valence-electron chi connectivity index (χ0n) is 11.7. The van der Waals surface area contributed by atoms with Crippen molar-refractivity contribution in [1.29, 1.82) is 0 Å². The Morgan fingerprint density at radius 3 is 2.58 bits per heavy atom. The van der Waals surface area contributed by atoms with Crippen LogP contribution in [0, 0.1) is 6.92 Å². The van der Waals surface area contributed by atoms with E-state index < -0.39 is 0 Å². The summed E-state index contributed by atoms with van der Waals surface area (Å²) in [6.45, 7) is 3.82. The maximum Gasteiger partial charge on any atom is 0.244 e. The molecule has 106 valence electrons. The molecule has 1 atom stereocenters. The molecule has 5 heteroatoms. The lowest BCUT2D eigenvalue weighted by Crippen LogP contribution is -2.38. The lowest BCUT2D eigenvalue weighted by molar-refractivity contribution is -0.124. The van der Waals surface area contributed by atoms with Crippen molar-refractivity contribution in [1.82, 2.24) is 15.1 Å². The van der Waals surface area contributed by atoms with Crippen LogP contribution >= 0.6 is 15.9 Å². The third kappa shape index (κ3) is 3.81. The van der Waals surface area contributed by atoms with E-state index in [1.807, 2.05) is 20.0 Å². The first-order valence-electron chi connectivity index (χ1n) is 7.09. The summed E-state index contributed by atoms with van der Waals surface area (Å²) < 4.78 is 2.67. The van der Waals surface area contributed by atoms with Gasteiger partial charge < -0.3 is 5.32 Å².